The summed E-state index contributed by atoms with van der Waals surface area (Å²) in [5, 5.41) is 14.3. The van der Waals surface area contributed by atoms with Crippen molar-refractivity contribution in [3.8, 4) is 0 Å². The van der Waals surface area contributed by atoms with Crippen LogP contribution in [0.1, 0.15) is 70.3 Å². The number of aliphatic hydroxyl groups excluding tert-OH is 1. The van der Waals surface area contributed by atoms with Crippen LogP contribution in [-0.2, 0) is 25.4 Å². The third kappa shape index (κ3) is 10.3. The molecule has 0 aliphatic carbocycles. The summed E-state index contributed by atoms with van der Waals surface area (Å²) in [4.78, 5) is 27.8. The summed E-state index contributed by atoms with van der Waals surface area (Å²) in [6, 6.07) is 9.00. The predicted octanol–water partition coefficient (Wildman–Crippen LogP) is 5.21. The molecule has 3 heterocycles. The van der Waals surface area contributed by atoms with E-state index in [1.165, 1.54) is 19.3 Å². The summed E-state index contributed by atoms with van der Waals surface area (Å²) in [6.07, 6.45) is 11.4. The molecule has 0 aromatic heterocycles. The molecule has 2 saturated heterocycles. The molecule has 3 aliphatic heterocycles. The summed E-state index contributed by atoms with van der Waals surface area (Å²) >= 11 is 0. The number of nitrogens with zero attached hydrogens (tertiary/aromatic N) is 1. The molecule has 228 valence electrons. The second-order valence-electron chi connectivity index (χ2n) is 11.7. The Labute approximate surface area is 244 Å². The summed E-state index contributed by atoms with van der Waals surface area (Å²) < 4.78 is 22.5. The number of benzene rings is 1. The van der Waals surface area contributed by atoms with Crippen molar-refractivity contribution in [2.75, 3.05) is 32.9 Å². The Bertz CT molecular complexity index is 959. The fourth-order valence-corrected chi connectivity index (χ4v) is 5.82. The van der Waals surface area contributed by atoms with Gasteiger partial charge < -0.3 is 34.3 Å². The molecule has 0 spiro atoms. The smallest absolute Gasteiger partial charge is 0.409 e. The standard InChI is InChI=1S/C32H48N2O7/c1-24-14-10-7-5-3-2-4-6-8-13-18-39-32(37)34(21-24)22-28(35)27(20-25-15-11-9-12-16-25)33-31(36)41-29-23-40-30-26(29)17-19-38-30/h7,9-12,15-16,24,26-30,35H,2-6,8,13-14,17-23H2,1H3,(H,33,36)/b10-7-/t24?,26-,27?,28?,29-,30+/m0/s1. The molecule has 41 heavy (non-hydrogen) atoms. The fraction of sp³-hybridized carbons (Fsp3) is 0.688. The minimum atomic E-state index is -1.04. The molecule has 1 aromatic rings. The predicted molar refractivity (Wildman–Crippen MR) is 155 cm³/mol. The second-order valence-corrected chi connectivity index (χ2v) is 11.7. The fourth-order valence-electron chi connectivity index (χ4n) is 5.82. The van der Waals surface area contributed by atoms with E-state index >= 15 is 0 Å². The maximum Gasteiger partial charge on any atom is 0.409 e. The summed E-state index contributed by atoms with van der Waals surface area (Å²) in [5.41, 5.74) is 0.958. The van der Waals surface area contributed by atoms with Gasteiger partial charge in [0.25, 0.3) is 0 Å². The molecule has 0 radical (unpaired) electrons. The Morgan fingerprint density at radius 2 is 1.85 bits per heavy atom. The first-order chi connectivity index (χ1) is 20.0. The zero-order valence-electron chi connectivity index (χ0n) is 24.5. The van der Waals surface area contributed by atoms with Crippen LogP contribution in [0.5, 0.6) is 0 Å². The van der Waals surface area contributed by atoms with Crippen molar-refractivity contribution < 1.29 is 33.6 Å². The van der Waals surface area contributed by atoms with Gasteiger partial charge in [-0.05, 0) is 50.0 Å². The monoisotopic (exact) mass is 572 g/mol. The Balaban J connectivity index is 1.41. The van der Waals surface area contributed by atoms with Crippen molar-refractivity contribution in [3.05, 3.63) is 48.0 Å². The van der Waals surface area contributed by atoms with Gasteiger partial charge in [-0.15, -0.1) is 0 Å². The summed E-state index contributed by atoms with van der Waals surface area (Å²) in [6.45, 7) is 3.84. The van der Waals surface area contributed by atoms with Gasteiger partial charge in [-0.25, -0.2) is 9.59 Å². The average Bonchev–Trinajstić information content (AvgIpc) is 3.58. The Kier molecular flexibility index (Phi) is 12.8. The molecule has 2 N–H and O–H groups in total. The number of allylic oxidation sites excluding steroid dienone is 2. The lowest BCUT2D eigenvalue weighted by atomic mass is 10.00. The third-order valence-electron chi connectivity index (χ3n) is 8.20. The van der Waals surface area contributed by atoms with Gasteiger partial charge in [-0.2, -0.15) is 0 Å². The number of alkyl carbamates (subject to hydrolysis) is 1. The number of aliphatic hydroxyl groups is 1. The van der Waals surface area contributed by atoms with Crippen LogP contribution in [-0.4, -0.2) is 79.6 Å². The lowest BCUT2D eigenvalue weighted by molar-refractivity contribution is -0.0907. The van der Waals surface area contributed by atoms with E-state index in [1.807, 2.05) is 30.3 Å². The van der Waals surface area contributed by atoms with Crippen molar-refractivity contribution in [1.29, 1.82) is 0 Å². The second kappa shape index (κ2) is 16.7. The van der Waals surface area contributed by atoms with Crippen molar-refractivity contribution >= 4 is 12.2 Å². The van der Waals surface area contributed by atoms with Crippen molar-refractivity contribution in [2.45, 2.75) is 95.7 Å². The van der Waals surface area contributed by atoms with Gasteiger partial charge in [-0.3, -0.25) is 0 Å². The number of nitrogens with one attached hydrogen (secondary N) is 1. The van der Waals surface area contributed by atoms with Crippen LogP contribution in [0.3, 0.4) is 0 Å². The molecule has 2 fully saturated rings. The highest BCUT2D eigenvalue weighted by atomic mass is 16.7. The molecular formula is C32H48N2O7. The minimum Gasteiger partial charge on any atom is -0.449 e. The van der Waals surface area contributed by atoms with Gasteiger partial charge >= 0.3 is 12.2 Å². The van der Waals surface area contributed by atoms with E-state index in [0.29, 0.717) is 32.8 Å². The number of ether oxygens (including phenoxy) is 4. The van der Waals surface area contributed by atoms with Gasteiger partial charge in [0, 0.05) is 6.54 Å². The third-order valence-corrected chi connectivity index (χ3v) is 8.20. The number of cyclic esters (lactones) is 1. The first-order valence-electron chi connectivity index (χ1n) is 15.5. The molecule has 3 unspecified atom stereocenters. The van der Waals surface area contributed by atoms with E-state index in [-0.39, 0.29) is 24.7 Å². The topological polar surface area (TPSA) is 107 Å². The molecule has 3 aliphatic rings. The molecule has 9 nitrogen and oxygen atoms in total. The largest absolute Gasteiger partial charge is 0.449 e. The van der Waals surface area contributed by atoms with Gasteiger partial charge in [0.2, 0.25) is 0 Å². The first kappa shape index (κ1) is 31.3. The van der Waals surface area contributed by atoms with E-state index in [2.05, 4.69) is 24.4 Å². The first-order valence-corrected chi connectivity index (χ1v) is 15.5. The molecular weight excluding hydrogens is 524 g/mol. The van der Waals surface area contributed by atoms with Crippen LogP contribution < -0.4 is 5.32 Å². The van der Waals surface area contributed by atoms with Crippen LogP contribution in [0, 0.1) is 11.8 Å². The normalized spacial score (nSPS) is 28.7. The quantitative estimate of drug-likeness (QED) is 0.432. The Morgan fingerprint density at radius 1 is 1.07 bits per heavy atom. The number of hydrogen-bond donors (Lipinski definition) is 2. The van der Waals surface area contributed by atoms with E-state index in [1.54, 1.807) is 4.90 Å². The van der Waals surface area contributed by atoms with E-state index in [4.69, 9.17) is 18.9 Å². The highest BCUT2D eigenvalue weighted by molar-refractivity contribution is 5.69. The summed E-state index contributed by atoms with van der Waals surface area (Å²) in [5.74, 6) is 0.210. The minimum absolute atomic E-state index is 0.0214. The number of amides is 2. The summed E-state index contributed by atoms with van der Waals surface area (Å²) in [7, 11) is 0. The lowest BCUT2D eigenvalue weighted by Crippen LogP contribution is -2.52. The number of hydrogen-bond acceptors (Lipinski definition) is 7. The molecule has 0 saturated carbocycles. The number of β-amino-alcohol motifs (C(OH)–C–C–N with tert-alkyl or cyclic N) is 1. The van der Waals surface area contributed by atoms with Gasteiger partial charge in [0.1, 0.15) is 6.10 Å². The molecule has 1 aromatic carbocycles. The zero-order valence-corrected chi connectivity index (χ0v) is 24.5. The van der Waals surface area contributed by atoms with E-state index in [0.717, 1.165) is 44.1 Å². The van der Waals surface area contributed by atoms with E-state index < -0.39 is 30.4 Å². The van der Waals surface area contributed by atoms with E-state index in [9.17, 15) is 14.7 Å². The number of carbonyl (C=O) groups is 2. The highest BCUT2D eigenvalue weighted by Crippen LogP contribution is 2.33. The van der Waals surface area contributed by atoms with Crippen molar-refractivity contribution in [2.24, 2.45) is 11.8 Å². The van der Waals surface area contributed by atoms with Crippen LogP contribution >= 0.6 is 0 Å². The zero-order chi connectivity index (χ0) is 28.9. The number of carbonyl (C=O) groups excluding carboxylic acids is 2. The SMILES string of the molecule is CC1C/C=C\CCCCCCCCOC(=O)N(CC(O)C(Cc2ccccc2)NC(=O)O[C@H]2CO[C@H]3OCC[C@H]32)C1. The average molecular weight is 573 g/mol. The van der Waals surface area contributed by atoms with Crippen LogP contribution in [0.2, 0.25) is 0 Å². The maximum atomic E-state index is 13.2. The molecule has 2 amide bonds. The molecule has 0 bridgehead atoms. The van der Waals surface area contributed by atoms with Crippen LogP contribution in [0.4, 0.5) is 9.59 Å². The highest BCUT2D eigenvalue weighted by Gasteiger charge is 2.44. The van der Waals surface area contributed by atoms with Crippen LogP contribution in [0.25, 0.3) is 0 Å². The van der Waals surface area contributed by atoms with Gasteiger partial charge in [0.15, 0.2) is 6.29 Å². The van der Waals surface area contributed by atoms with Crippen LogP contribution in [0.15, 0.2) is 42.5 Å². The Hall–Kier alpha value is -2.62. The van der Waals surface area contributed by atoms with Crippen molar-refractivity contribution in [3.63, 3.8) is 0 Å². The molecule has 6 atom stereocenters. The number of fused-ring (bicyclic) bond motifs is 1. The molecule has 4 rings (SSSR count). The maximum absolute atomic E-state index is 13.2. The van der Waals surface area contributed by atoms with Gasteiger partial charge in [-0.1, -0.05) is 75.1 Å². The Morgan fingerprint density at radius 3 is 2.68 bits per heavy atom. The number of rotatable bonds is 7. The lowest BCUT2D eigenvalue weighted by Gasteiger charge is -2.31. The van der Waals surface area contributed by atoms with Gasteiger partial charge in [0.05, 0.1) is 44.4 Å². The molecule has 9 heteroatoms. The van der Waals surface area contributed by atoms with Crippen molar-refractivity contribution in [1.82, 2.24) is 10.2 Å².